The number of furan rings is 1. The molecule has 1 aliphatic carbocycles. The molecule has 1 saturated carbocycles. The summed E-state index contributed by atoms with van der Waals surface area (Å²) in [5.41, 5.74) is 0. The molecule has 0 unspecified atom stereocenters. The number of rotatable bonds is 5. The molecular formula is C12H19NO. The van der Waals surface area contributed by atoms with Crippen molar-refractivity contribution in [1.29, 1.82) is 0 Å². The van der Waals surface area contributed by atoms with E-state index in [-0.39, 0.29) is 0 Å². The monoisotopic (exact) mass is 193 g/mol. The van der Waals surface area contributed by atoms with E-state index in [2.05, 4.69) is 11.4 Å². The van der Waals surface area contributed by atoms with Crippen LogP contribution in [0.15, 0.2) is 22.8 Å². The molecule has 2 rings (SSSR count). The summed E-state index contributed by atoms with van der Waals surface area (Å²) < 4.78 is 5.28. The lowest BCUT2D eigenvalue weighted by Crippen LogP contribution is -2.27. The number of hydrogen-bond acceptors (Lipinski definition) is 2. The summed E-state index contributed by atoms with van der Waals surface area (Å²) >= 11 is 0. The molecule has 0 spiro atoms. The topological polar surface area (TPSA) is 25.2 Å². The molecule has 1 aromatic rings. The zero-order valence-electron chi connectivity index (χ0n) is 8.67. The Balaban J connectivity index is 1.55. The van der Waals surface area contributed by atoms with Crippen LogP contribution in [-0.2, 0) is 6.42 Å². The second-order valence-electron chi connectivity index (χ2n) is 4.12. The van der Waals surface area contributed by atoms with Crippen molar-refractivity contribution in [3.8, 4) is 0 Å². The normalized spacial score (nSPS) is 17.7. The van der Waals surface area contributed by atoms with Crippen LogP contribution in [0.5, 0.6) is 0 Å². The molecule has 78 valence electrons. The Morgan fingerprint density at radius 3 is 2.93 bits per heavy atom. The molecule has 0 amide bonds. The smallest absolute Gasteiger partial charge is 0.103 e. The van der Waals surface area contributed by atoms with E-state index in [9.17, 15) is 0 Å². The molecular weight excluding hydrogens is 174 g/mol. The fourth-order valence-corrected chi connectivity index (χ4v) is 2.15. The van der Waals surface area contributed by atoms with Crippen LogP contribution in [0.4, 0.5) is 0 Å². The van der Waals surface area contributed by atoms with Gasteiger partial charge in [0.15, 0.2) is 0 Å². The predicted octanol–water partition coefficient (Wildman–Crippen LogP) is 2.74. The molecule has 0 aromatic carbocycles. The Hall–Kier alpha value is -0.760. The van der Waals surface area contributed by atoms with Crippen molar-refractivity contribution in [2.75, 3.05) is 6.54 Å². The first-order valence-electron chi connectivity index (χ1n) is 5.71. The van der Waals surface area contributed by atoms with E-state index in [0.717, 1.165) is 24.8 Å². The summed E-state index contributed by atoms with van der Waals surface area (Å²) in [5.74, 6) is 1.11. The van der Waals surface area contributed by atoms with Gasteiger partial charge in [0, 0.05) is 12.5 Å². The van der Waals surface area contributed by atoms with Crippen LogP contribution in [-0.4, -0.2) is 12.6 Å². The van der Waals surface area contributed by atoms with Gasteiger partial charge >= 0.3 is 0 Å². The van der Waals surface area contributed by atoms with Crippen molar-refractivity contribution in [3.63, 3.8) is 0 Å². The molecule has 2 heteroatoms. The van der Waals surface area contributed by atoms with Gasteiger partial charge in [-0.15, -0.1) is 0 Å². The van der Waals surface area contributed by atoms with Crippen molar-refractivity contribution in [2.24, 2.45) is 0 Å². The number of aryl methyl sites for hydroxylation is 1. The summed E-state index contributed by atoms with van der Waals surface area (Å²) in [6.07, 6.45) is 9.57. The summed E-state index contributed by atoms with van der Waals surface area (Å²) in [5, 5.41) is 3.60. The summed E-state index contributed by atoms with van der Waals surface area (Å²) in [6.45, 7) is 1.13. The van der Waals surface area contributed by atoms with Gasteiger partial charge in [-0.25, -0.2) is 0 Å². The van der Waals surface area contributed by atoms with Crippen LogP contribution in [0.2, 0.25) is 0 Å². The molecule has 0 radical (unpaired) electrons. The summed E-state index contributed by atoms with van der Waals surface area (Å²) in [7, 11) is 0. The maximum atomic E-state index is 5.28. The fourth-order valence-electron chi connectivity index (χ4n) is 2.15. The van der Waals surface area contributed by atoms with E-state index in [4.69, 9.17) is 4.42 Å². The van der Waals surface area contributed by atoms with E-state index in [1.54, 1.807) is 6.26 Å². The molecule has 0 aliphatic heterocycles. The van der Waals surface area contributed by atoms with E-state index >= 15 is 0 Å². The van der Waals surface area contributed by atoms with Crippen LogP contribution in [0.3, 0.4) is 0 Å². The highest BCUT2D eigenvalue weighted by Gasteiger charge is 2.13. The quantitative estimate of drug-likeness (QED) is 0.727. The highest BCUT2D eigenvalue weighted by Crippen LogP contribution is 2.17. The van der Waals surface area contributed by atoms with Crippen molar-refractivity contribution < 1.29 is 4.42 Å². The van der Waals surface area contributed by atoms with Gasteiger partial charge in [0.2, 0.25) is 0 Å². The molecule has 0 bridgehead atoms. The fraction of sp³-hybridized carbons (Fsp3) is 0.667. The highest BCUT2D eigenvalue weighted by atomic mass is 16.3. The Morgan fingerprint density at radius 2 is 2.21 bits per heavy atom. The zero-order chi connectivity index (χ0) is 9.64. The van der Waals surface area contributed by atoms with Gasteiger partial charge in [-0.2, -0.15) is 0 Å². The Bertz CT molecular complexity index is 237. The lowest BCUT2D eigenvalue weighted by molar-refractivity contribution is 0.476. The van der Waals surface area contributed by atoms with Crippen LogP contribution in [0.25, 0.3) is 0 Å². The van der Waals surface area contributed by atoms with Gasteiger partial charge in [-0.05, 0) is 37.9 Å². The van der Waals surface area contributed by atoms with E-state index in [1.165, 1.54) is 32.1 Å². The largest absolute Gasteiger partial charge is 0.469 e. The molecule has 14 heavy (non-hydrogen) atoms. The Labute approximate surface area is 85.7 Å². The molecule has 0 saturated heterocycles. The lowest BCUT2D eigenvalue weighted by atomic mass is 10.2. The van der Waals surface area contributed by atoms with Crippen molar-refractivity contribution in [2.45, 2.75) is 44.6 Å². The zero-order valence-corrected chi connectivity index (χ0v) is 8.67. The lowest BCUT2D eigenvalue weighted by Gasteiger charge is -2.10. The third kappa shape index (κ3) is 2.88. The molecule has 0 atom stereocenters. The molecule has 2 nitrogen and oxygen atoms in total. The third-order valence-electron chi connectivity index (χ3n) is 2.97. The molecule has 1 aromatic heterocycles. The number of nitrogens with one attached hydrogen (secondary N) is 1. The Morgan fingerprint density at radius 1 is 1.36 bits per heavy atom. The van der Waals surface area contributed by atoms with Gasteiger partial charge < -0.3 is 9.73 Å². The average molecular weight is 193 g/mol. The first kappa shape index (κ1) is 9.78. The highest BCUT2D eigenvalue weighted by molar-refractivity contribution is 4.97. The van der Waals surface area contributed by atoms with Crippen molar-refractivity contribution in [3.05, 3.63) is 24.2 Å². The van der Waals surface area contributed by atoms with Crippen LogP contribution < -0.4 is 5.32 Å². The van der Waals surface area contributed by atoms with Crippen molar-refractivity contribution >= 4 is 0 Å². The molecule has 1 aliphatic rings. The first-order valence-corrected chi connectivity index (χ1v) is 5.71. The van der Waals surface area contributed by atoms with Crippen LogP contribution in [0, 0.1) is 0 Å². The minimum Gasteiger partial charge on any atom is -0.469 e. The van der Waals surface area contributed by atoms with Gasteiger partial charge in [-0.3, -0.25) is 0 Å². The predicted molar refractivity (Wildman–Crippen MR) is 57.3 cm³/mol. The van der Waals surface area contributed by atoms with Crippen LogP contribution in [0.1, 0.15) is 37.9 Å². The van der Waals surface area contributed by atoms with Gasteiger partial charge in [0.05, 0.1) is 6.26 Å². The molecule has 1 heterocycles. The summed E-state index contributed by atoms with van der Waals surface area (Å²) in [4.78, 5) is 0. The van der Waals surface area contributed by atoms with Gasteiger partial charge in [0.1, 0.15) is 5.76 Å². The average Bonchev–Trinajstić information content (AvgIpc) is 2.86. The second-order valence-corrected chi connectivity index (χ2v) is 4.12. The van der Waals surface area contributed by atoms with Crippen LogP contribution >= 0.6 is 0 Å². The number of hydrogen-bond donors (Lipinski definition) is 1. The minimum atomic E-state index is 0.798. The summed E-state index contributed by atoms with van der Waals surface area (Å²) in [6, 6.07) is 4.81. The molecule has 1 fully saturated rings. The molecule has 1 N–H and O–H groups in total. The Kier molecular flexibility index (Phi) is 3.64. The second kappa shape index (κ2) is 5.20. The van der Waals surface area contributed by atoms with Crippen molar-refractivity contribution in [1.82, 2.24) is 5.32 Å². The van der Waals surface area contributed by atoms with E-state index in [0.29, 0.717) is 0 Å². The first-order chi connectivity index (χ1) is 6.95. The van der Waals surface area contributed by atoms with Gasteiger partial charge in [-0.1, -0.05) is 12.8 Å². The van der Waals surface area contributed by atoms with E-state index in [1.807, 2.05) is 6.07 Å². The van der Waals surface area contributed by atoms with E-state index < -0.39 is 0 Å². The minimum absolute atomic E-state index is 0.798. The third-order valence-corrected chi connectivity index (χ3v) is 2.97. The maximum absolute atomic E-state index is 5.28. The standard InChI is InChI=1S/C12H19NO/c1-2-6-11(5-1)13-9-3-7-12-8-4-10-14-12/h4,8,10-11,13H,1-3,5-7,9H2. The SMILES string of the molecule is c1coc(CCCNC2CCCC2)c1. The maximum Gasteiger partial charge on any atom is 0.103 e. The van der Waals surface area contributed by atoms with Gasteiger partial charge in [0.25, 0.3) is 0 Å².